The molecule has 1 aromatic rings. The number of ether oxygens (including phenoxy) is 5. The summed E-state index contributed by atoms with van der Waals surface area (Å²) in [6.45, 7) is 9.63. The van der Waals surface area contributed by atoms with Crippen LogP contribution in [0.4, 0.5) is 11.4 Å². The van der Waals surface area contributed by atoms with Crippen molar-refractivity contribution in [2.24, 2.45) is 0 Å². The van der Waals surface area contributed by atoms with Gasteiger partial charge in [-0.3, -0.25) is 33.9 Å². The van der Waals surface area contributed by atoms with Gasteiger partial charge in [-0.05, 0) is 39.0 Å². The zero-order valence-electron chi connectivity index (χ0n) is 36.3. The summed E-state index contributed by atoms with van der Waals surface area (Å²) in [5.74, 6) is -4.37. The monoisotopic (exact) mass is 884 g/mol. The highest BCUT2D eigenvalue weighted by molar-refractivity contribution is 5.83. The molecule has 22 heteroatoms. The molecule has 1 aliphatic heterocycles. The van der Waals surface area contributed by atoms with Gasteiger partial charge in [-0.25, -0.2) is 0 Å². The van der Waals surface area contributed by atoms with E-state index in [1.807, 2.05) is 6.92 Å². The molecule has 0 radical (unpaired) electrons. The quantitative estimate of drug-likeness (QED) is 0.0419. The molecule has 3 N–H and O–H groups in total. The topological polar surface area (TPSA) is 284 Å². The zero-order chi connectivity index (χ0) is 45.5. The van der Waals surface area contributed by atoms with Crippen LogP contribution in [0, 0.1) is 0 Å². The van der Waals surface area contributed by atoms with E-state index in [0.717, 1.165) is 0 Å². The number of hydrogen-bond donors (Lipinski definition) is 3. The van der Waals surface area contributed by atoms with Gasteiger partial charge in [0.2, 0.25) is 11.8 Å². The highest BCUT2D eigenvalue weighted by Crippen LogP contribution is 2.16. The first-order chi connectivity index (χ1) is 29.8. The van der Waals surface area contributed by atoms with Crippen LogP contribution in [0.2, 0.25) is 0 Å². The van der Waals surface area contributed by atoms with Crippen molar-refractivity contribution in [1.82, 2.24) is 24.9 Å². The highest BCUT2D eigenvalue weighted by atomic mass is 16.5. The number of hydrogen-bond acceptors (Lipinski definition) is 20. The van der Waals surface area contributed by atoms with Crippen molar-refractivity contribution >= 4 is 41.1 Å². The highest BCUT2D eigenvalue weighted by Gasteiger charge is 2.24. The van der Waals surface area contributed by atoms with Gasteiger partial charge in [0.1, 0.15) is 11.4 Å². The molecule has 1 aliphatic rings. The normalized spacial score (nSPS) is 14.7. The van der Waals surface area contributed by atoms with Gasteiger partial charge in [-0.1, -0.05) is 0 Å². The number of nitrogens with one attached hydrogen (secondary N) is 3. The van der Waals surface area contributed by atoms with Crippen LogP contribution in [-0.4, -0.2) is 207 Å². The predicted octanol–water partition coefficient (Wildman–Crippen LogP) is -5.34. The van der Waals surface area contributed by atoms with Crippen molar-refractivity contribution < 1.29 is 63.0 Å². The molecule has 62 heavy (non-hydrogen) atoms. The summed E-state index contributed by atoms with van der Waals surface area (Å²) in [6.07, 6.45) is 2.17. The molecule has 1 heterocycles. The summed E-state index contributed by atoms with van der Waals surface area (Å²) in [5.41, 5.74) is -1.05. The number of nitrogens with zero attached hydrogens (tertiary/aromatic N) is 4. The molecule has 1 unspecified atom stereocenters. The van der Waals surface area contributed by atoms with E-state index < -0.39 is 34.8 Å². The summed E-state index contributed by atoms with van der Waals surface area (Å²) in [4.78, 5) is 89.5. The van der Waals surface area contributed by atoms with Crippen molar-refractivity contribution in [3.63, 3.8) is 0 Å². The lowest BCUT2D eigenvalue weighted by molar-refractivity contribution is -0.313. The lowest BCUT2D eigenvalue weighted by Gasteiger charge is -2.34. The summed E-state index contributed by atoms with van der Waals surface area (Å²) in [6, 6.07) is -1.07. The molecule has 0 aliphatic carbocycles. The van der Waals surface area contributed by atoms with E-state index in [0.29, 0.717) is 105 Å². The molecule has 1 fully saturated rings. The maximum Gasteiger partial charge on any atom is 0.253 e. The number of rotatable bonds is 36. The summed E-state index contributed by atoms with van der Waals surface area (Å²) >= 11 is 0. The van der Waals surface area contributed by atoms with Gasteiger partial charge >= 0.3 is 0 Å². The van der Waals surface area contributed by atoms with Crippen LogP contribution in [0.3, 0.4) is 0 Å². The van der Waals surface area contributed by atoms with E-state index in [4.69, 9.17) is 23.7 Å². The van der Waals surface area contributed by atoms with Crippen LogP contribution >= 0.6 is 0 Å². The average Bonchev–Trinajstić information content (AvgIpc) is 3.31. The molecular weight excluding hydrogens is 818 g/mol. The number of carbonyl (C=O) groups excluding carboxylic acids is 5. The van der Waals surface area contributed by atoms with Crippen LogP contribution in [0.25, 0.3) is 0 Å². The van der Waals surface area contributed by atoms with Crippen LogP contribution in [0.5, 0.6) is 0 Å². The molecule has 1 atom stereocenters. The number of anilines is 2. The minimum Gasteiger partial charge on any atom is -0.549 e. The van der Waals surface area contributed by atoms with Crippen LogP contribution in [-0.2, 0) is 47.7 Å². The number of aliphatic carboxylic acids is 3. The average molecular weight is 885 g/mol. The molecule has 2 amide bonds. The van der Waals surface area contributed by atoms with Crippen molar-refractivity contribution in [1.29, 1.82) is 0 Å². The molecule has 0 aromatic heterocycles. The summed E-state index contributed by atoms with van der Waals surface area (Å²) in [5, 5.41) is 43.3. The van der Waals surface area contributed by atoms with Crippen LogP contribution in [0.1, 0.15) is 46.0 Å². The summed E-state index contributed by atoms with van der Waals surface area (Å²) < 4.78 is 27.3. The SMILES string of the molecule is CCOCCOCCCN(CC(=O)NCCCOCCOCCOCCCNc1c(NCCCC(C(=O)[O-])N2CCN(CC(=O)[O-])CCN(CC(=O)[O-])CC2)c(=O)c1=O)C(C)=O. The Hall–Kier alpha value is -4.29. The zero-order valence-corrected chi connectivity index (χ0v) is 36.3. The molecule has 0 spiro atoms. The van der Waals surface area contributed by atoms with Crippen LogP contribution in [0.15, 0.2) is 9.59 Å². The fraction of sp³-hybridized carbons (Fsp3) is 0.775. The van der Waals surface area contributed by atoms with Gasteiger partial charge in [0.25, 0.3) is 10.9 Å². The third kappa shape index (κ3) is 23.2. The Morgan fingerprint density at radius 2 is 1.08 bits per heavy atom. The fourth-order valence-corrected chi connectivity index (χ4v) is 6.47. The first-order valence-corrected chi connectivity index (χ1v) is 21.3. The van der Waals surface area contributed by atoms with Gasteiger partial charge < -0.3 is 74.2 Å². The minimum absolute atomic E-state index is 0.0151. The molecule has 0 bridgehead atoms. The summed E-state index contributed by atoms with van der Waals surface area (Å²) in [7, 11) is 0. The number of amides is 2. The Morgan fingerprint density at radius 3 is 1.56 bits per heavy atom. The van der Waals surface area contributed by atoms with E-state index in [-0.39, 0.29) is 101 Å². The molecule has 1 saturated heterocycles. The molecule has 354 valence electrons. The Kier molecular flexibility index (Phi) is 28.1. The van der Waals surface area contributed by atoms with Crippen molar-refractivity contribution in [2.75, 3.05) is 162 Å². The smallest absolute Gasteiger partial charge is 0.253 e. The van der Waals surface area contributed by atoms with Crippen molar-refractivity contribution in [2.45, 2.75) is 52.0 Å². The third-order valence-electron chi connectivity index (χ3n) is 9.80. The van der Waals surface area contributed by atoms with E-state index in [9.17, 15) is 48.9 Å². The van der Waals surface area contributed by atoms with E-state index in [1.165, 1.54) is 11.8 Å². The second kappa shape index (κ2) is 32.4. The standard InChI is InChI=1S/C40H69N7O15/c1-3-58-22-23-61-21-7-12-47(31(2)48)28-33(49)41-10-5-19-59-24-26-62-27-25-60-20-6-11-43-37-36(38(54)39(37)55)42-9-4-8-32(40(56)57)46-17-15-44(29-34(50)51)13-14-45(16-18-46)30-35(52)53/h32,42-43H,3-30H2,1-2H3,(H,41,49)(H,50,51)(H,52,53)(H,56,57)/p-3. The van der Waals surface area contributed by atoms with Crippen LogP contribution < -0.4 is 42.1 Å². The Bertz CT molecular complexity index is 1520. The molecule has 1 aromatic carbocycles. The van der Waals surface area contributed by atoms with Crippen molar-refractivity contribution in [3.05, 3.63) is 20.4 Å². The predicted molar refractivity (Wildman–Crippen MR) is 220 cm³/mol. The third-order valence-corrected chi connectivity index (χ3v) is 9.80. The van der Waals surface area contributed by atoms with E-state index >= 15 is 0 Å². The second-order valence-corrected chi connectivity index (χ2v) is 14.6. The first-order valence-electron chi connectivity index (χ1n) is 21.3. The maximum atomic E-state index is 12.3. The fourth-order valence-electron chi connectivity index (χ4n) is 6.47. The Labute approximate surface area is 362 Å². The van der Waals surface area contributed by atoms with Gasteiger partial charge in [0.15, 0.2) is 0 Å². The number of carboxylic acids is 3. The molecule has 22 nitrogen and oxygen atoms in total. The molecular formula is C40H66N7O15-3. The maximum absolute atomic E-state index is 12.3. The van der Waals surface area contributed by atoms with Gasteiger partial charge in [-0.2, -0.15) is 0 Å². The Balaban J connectivity index is 1.55. The van der Waals surface area contributed by atoms with E-state index in [2.05, 4.69) is 16.0 Å². The first kappa shape index (κ1) is 53.8. The second-order valence-electron chi connectivity index (χ2n) is 14.6. The van der Waals surface area contributed by atoms with Gasteiger partial charge in [-0.15, -0.1) is 0 Å². The lowest BCUT2D eigenvalue weighted by Crippen LogP contribution is -2.52. The van der Waals surface area contributed by atoms with Crippen molar-refractivity contribution in [3.8, 4) is 0 Å². The molecule has 2 rings (SSSR count). The largest absolute Gasteiger partial charge is 0.549 e. The minimum atomic E-state index is -1.34. The number of carbonyl (C=O) groups is 5. The van der Waals surface area contributed by atoms with Gasteiger partial charge in [0, 0.05) is 118 Å². The van der Waals surface area contributed by atoms with E-state index in [1.54, 1.807) is 14.7 Å². The number of carboxylic acid groups (broad SMARTS) is 3. The molecule has 0 saturated carbocycles. The van der Waals surface area contributed by atoms with Gasteiger partial charge in [0.05, 0.1) is 64.1 Å². The Morgan fingerprint density at radius 1 is 0.629 bits per heavy atom. The lowest BCUT2D eigenvalue weighted by atomic mass is 10.1.